The lowest BCUT2D eigenvalue weighted by atomic mass is 9.96. The Bertz CT molecular complexity index is 1210. The van der Waals surface area contributed by atoms with Gasteiger partial charge in [-0.15, -0.1) is 0 Å². The second kappa shape index (κ2) is 7.82. The summed E-state index contributed by atoms with van der Waals surface area (Å²) in [5.41, 5.74) is 2.44. The Morgan fingerprint density at radius 1 is 1.19 bits per heavy atom. The first kappa shape index (κ1) is 20.3. The zero-order valence-corrected chi connectivity index (χ0v) is 18.9. The predicted molar refractivity (Wildman–Crippen MR) is 122 cm³/mol. The molecule has 7 nitrogen and oxygen atoms in total. The molecule has 162 valence electrons. The molecule has 0 radical (unpaired) electrons. The van der Waals surface area contributed by atoms with Crippen molar-refractivity contribution in [2.75, 3.05) is 5.75 Å². The van der Waals surface area contributed by atoms with Crippen molar-refractivity contribution in [1.82, 2.24) is 24.2 Å². The average molecular weight is 438 g/mol. The topological polar surface area (TPSA) is 73.0 Å². The van der Waals surface area contributed by atoms with Crippen LogP contribution in [-0.2, 0) is 4.79 Å². The maximum absolute atomic E-state index is 13.4. The van der Waals surface area contributed by atoms with Crippen LogP contribution >= 0.6 is 11.8 Å². The summed E-state index contributed by atoms with van der Waals surface area (Å²) >= 11 is 1.55. The van der Waals surface area contributed by atoms with Gasteiger partial charge >= 0.3 is 0 Å². The van der Waals surface area contributed by atoms with Crippen LogP contribution in [0.4, 0.5) is 0 Å². The number of benzene rings is 1. The van der Waals surface area contributed by atoms with Gasteiger partial charge in [0.15, 0.2) is 10.8 Å². The van der Waals surface area contributed by atoms with Gasteiger partial charge < -0.3 is 4.90 Å². The fraction of sp³-hybridized carbons (Fsp3) is 0.478. The van der Waals surface area contributed by atoms with Crippen LogP contribution in [0.3, 0.4) is 0 Å². The molecule has 0 bridgehead atoms. The number of aromatic nitrogens is 4. The number of rotatable bonds is 3. The van der Waals surface area contributed by atoms with E-state index >= 15 is 0 Å². The van der Waals surface area contributed by atoms with Crippen molar-refractivity contribution in [3.63, 3.8) is 0 Å². The summed E-state index contributed by atoms with van der Waals surface area (Å²) in [7, 11) is 0. The highest BCUT2D eigenvalue weighted by Gasteiger charge is 2.34. The van der Waals surface area contributed by atoms with E-state index in [4.69, 9.17) is 4.98 Å². The molecule has 3 unspecified atom stereocenters. The molecular formula is C23H27N5O2S. The third-order valence-corrected chi connectivity index (χ3v) is 7.70. The van der Waals surface area contributed by atoms with Crippen LogP contribution in [0.25, 0.3) is 16.7 Å². The number of hydrogen-bond acceptors (Lipinski definition) is 5. The second-order valence-electron chi connectivity index (χ2n) is 8.75. The Hall–Kier alpha value is -2.61. The normalized spacial score (nSPS) is 23.3. The van der Waals surface area contributed by atoms with E-state index in [-0.39, 0.29) is 29.6 Å². The first-order valence-corrected chi connectivity index (χ1v) is 11.9. The second-order valence-corrected chi connectivity index (χ2v) is 9.74. The summed E-state index contributed by atoms with van der Waals surface area (Å²) < 4.78 is 3.46. The summed E-state index contributed by atoms with van der Waals surface area (Å²) in [6.07, 6.45) is 5.20. The number of aryl methyl sites for hydroxylation is 1. The maximum atomic E-state index is 13.4. The SMILES string of the molecule is Cc1ccccc1-n1ncc2c(=O)n3c(nc21)SCC3CC(=O)N1C(C)CCCC1C. The number of fused-ring (bicyclic) bond motifs is 2. The van der Waals surface area contributed by atoms with E-state index in [1.54, 1.807) is 27.2 Å². The molecule has 0 aliphatic carbocycles. The van der Waals surface area contributed by atoms with Crippen LogP contribution in [0.1, 0.15) is 51.1 Å². The van der Waals surface area contributed by atoms with E-state index in [9.17, 15) is 9.59 Å². The number of likely N-dealkylation sites (tertiary alicyclic amines) is 1. The highest BCUT2D eigenvalue weighted by molar-refractivity contribution is 7.99. The average Bonchev–Trinajstić information content (AvgIpc) is 3.33. The number of thioether (sulfide) groups is 1. The minimum atomic E-state index is -0.167. The molecule has 2 aliphatic heterocycles. The molecule has 0 saturated carbocycles. The number of para-hydroxylation sites is 1. The molecule has 1 fully saturated rings. The molecule has 1 aromatic carbocycles. The molecule has 0 N–H and O–H groups in total. The molecule has 4 heterocycles. The Labute approximate surface area is 185 Å². The van der Waals surface area contributed by atoms with Crippen molar-refractivity contribution in [3.05, 3.63) is 46.4 Å². The maximum Gasteiger partial charge on any atom is 0.265 e. The highest BCUT2D eigenvalue weighted by Crippen LogP contribution is 2.35. The van der Waals surface area contributed by atoms with Gasteiger partial charge in [-0.1, -0.05) is 30.0 Å². The van der Waals surface area contributed by atoms with Gasteiger partial charge in [0, 0.05) is 24.3 Å². The first-order chi connectivity index (χ1) is 15.0. The standard InChI is InChI=1S/C23H27N5O2S/c1-14-7-4-5-10-19(14)28-21-18(12-24-28)22(30)27-17(13-31-23(27)25-21)11-20(29)26-15(2)8-6-9-16(26)3/h4-5,7,10,12,15-17H,6,8-9,11,13H2,1-3H3. The number of hydrogen-bond donors (Lipinski definition) is 0. The third kappa shape index (κ3) is 3.37. The van der Waals surface area contributed by atoms with E-state index in [1.165, 1.54) is 6.42 Å². The lowest BCUT2D eigenvalue weighted by Crippen LogP contribution is -2.48. The van der Waals surface area contributed by atoms with Gasteiger partial charge in [0.2, 0.25) is 5.91 Å². The van der Waals surface area contributed by atoms with Crippen molar-refractivity contribution in [2.24, 2.45) is 0 Å². The van der Waals surface area contributed by atoms with E-state index in [0.29, 0.717) is 28.4 Å². The monoisotopic (exact) mass is 437 g/mol. The van der Waals surface area contributed by atoms with Crippen LogP contribution in [0.5, 0.6) is 0 Å². The van der Waals surface area contributed by atoms with Crippen LogP contribution in [0, 0.1) is 6.92 Å². The largest absolute Gasteiger partial charge is 0.337 e. The summed E-state index contributed by atoms with van der Waals surface area (Å²) in [5, 5.41) is 5.63. The first-order valence-electron chi connectivity index (χ1n) is 11.0. The molecular weight excluding hydrogens is 410 g/mol. The Kier molecular flexibility index (Phi) is 5.12. The molecule has 5 rings (SSSR count). The third-order valence-electron chi connectivity index (χ3n) is 6.61. The van der Waals surface area contributed by atoms with Crippen LogP contribution in [0.2, 0.25) is 0 Å². The quantitative estimate of drug-likeness (QED) is 0.584. The van der Waals surface area contributed by atoms with Crippen LogP contribution in [0.15, 0.2) is 40.4 Å². The van der Waals surface area contributed by atoms with Crippen molar-refractivity contribution in [3.8, 4) is 5.69 Å². The smallest absolute Gasteiger partial charge is 0.265 e. The minimum absolute atomic E-state index is 0.109. The number of amides is 1. The van der Waals surface area contributed by atoms with Crippen molar-refractivity contribution in [1.29, 1.82) is 0 Å². The molecule has 0 spiro atoms. The molecule has 8 heteroatoms. The Morgan fingerprint density at radius 3 is 2.68 bits per heavy atom. The zero-order chi connectivity index (χ0) is 21.7. The van der Waals surface area contributed by atoms with Gasteiger partial charge in [0.25, 0.3) is 5.56 Å². The number of carbonyl (C=O) groups is 1. The van der Waals surface area contributed by atoms with Gasteiger partial charge in [-0.05, 0) is 51.7 Å². The van der Waals surface area contributed by atoms with Gasteiger partial charge in [0.05, 0.1) is 17.9 Å². The van der Waals surface area contributed by atoms with Gasteiger partial charge in [-0.3, -0.25) is 14.2 Å². The van der Waals surface area contributed by atoms with E-state index < -0.39 is 0 Å². The minimum Gasteiger partial charge on any atom is -0.337 e. The highest BCUT2D eigenvalue weighted by atomic mass is 32.2. The van der Waals surface area contributed by atoms with E-state index in [2.05, 4.69) is 18.9 Å². The summed E-state index contributed by atoms with van der Waals surface area (Å²) in [6.45, 7) is 6.27. The number of carbonyl (C=O) groups excluding carboxylic acids is 1. The fourth-order valence-electron chi connectivity index (χ4n) is 4.98. The fourth-order valence-corrected chi connectivity index (χ4v) is 6.11. The van der Waals surface area contributed by atoms with Gasteiger partial charge in [-0.2, -0.15) is 5.10 Å². The van der Waals surface area contributed by atoms with Crippen LogP contribution in [-0.4, -0.2) is 48.0 Å². The zero-order valence-electron chi connectivity index (χ0n) is 18.1. The lowest BCUT2D eigenvalue weighted by Gasteiger charge is -2.39. The molecule has 2 aliphatic rings. The molecule has 1 saturated heterocycles. The van der Waals surface area contributed by atoms with Crippen molar-refractivity contribution >= 4 is 28.7 Å². The van der Waals surface area contributed by atoms with Crippen molar-refractivity contribution < 1.29 is 4.79 Å². The van der Waals surface area contributed by atoms with Crippen molar-refractivity contribution in [2.45, 2.75) is 69.7 Å². The Balaban J connectivity index is 1.49. The number of nitrogens with zero attached hydrogens (tertiary/aromatic N) is 5. The van der Waals surface area contributed by atoms with Crippen LogP contribution < -0.4 is 5.56 Å². The van der Waals surface area contributed by atoms with E-state index in [0.717, 1.165) is 24.1 Å². The summed E-state index contributed by atoms with van der Waals surface area (Å²) in [4.78, 5) is 33.4. The molecule has 3 aromatic rings. The van der Waals surface area contributed by atoms with Gasteiger partial charge in [-0.25, -0.2) is 9.67 Å². The predicted octanol–water partition coefficient (Wildman–Crippen LogP) is 3.72. The van der Waals surface area contributed by atoms with Gasteiger partial charge in [0.1, 0.15) is 5.39 Å². The summed E-state index contributed by atoms with van der Waals surface area (Å²) in [5.74, 6) is 0.829. The molecule has 3 atom stereocenters. The van der Waals surface area contributed by atoms with E-state index in [1.807, 2.05) is 36.1 Å². The molecule has 2 aromatic heterocycles. The lowest BCUT2D eigenvalue weighted by molar-refractivity contribution is -0.138. The molecule has 1 amide bonds. The number of piperidine rings is 1. The molecule has 31 heavy (non-hydrogen) atoms. The Morgan fingerprint density at radius 2 is 1.94 bits per heavy atom. The summed E-state index contributed by atoms with van der Waals surface area (Å²) in [6, 6.07) is 8.27.